The van der Waals surface area contributed by atoms with Gasteiger partial charge < -0.3 is 5.11 Å². The van der Waals surface area contributed by atoms with Crippen molar-refractivity contribution in [2.75, 3.05) is 0 Å². The Hall–Kier alpha value is -0.780. The molecule has 3 nitrogen and oxygen atoms in total. The average molecular weight is 200 g/mol. The van der Waals surface area contributed by atoms with Crippen LogP contribution >= 0.6 is 0 Å². The molecule has 0 aliphatic heterocycles. The number of alkyl halides is 3. The summed E-state index contributed by atoms with van der Waals surface area (Å²) < 4.78 is 38.6. The van der Waals surface area contributed by atoms with Crippen molar-refractivity contribution in [3.8, 4) is 0 Å². The van der Waals surface area contributed by atoms with Crippen molar-refractivity contribution in [2.24, 2.45) is 0 Å². The maximum atomic E-state index is 11.6. The van der Waals surface area contributed by atoms with Gasteiger partial charge in [-0.05, 0) is 12.8 Å². The molecule has 1 unspecified atom stereocenters. The third-order valence-corrected chi connectivity index (χ3v) is 1.44. The molecule has 0 saturated heterocycles. The SMILES string of the molecule is CCC(CCC(=O)O)OC(F)(F)F. The molecule has 78 valence electrons. The maximum absolute atomic E-state index is 11.6. The standard InChI is InChI=1S/C7H11F3O3/c1-2-5(3-4-6(11)12)13-7(8,9)10/h5H,2-4H2,1H3,(H,11,12). The average Bonchev–Trinajstić information content (AvgIpc) is 1.95. The van der Waals surface area contributed by atoms with Crippen LogP contribution in [0.4, 0.5) is 13.2 Å². The van der Waals surface area contributed by atoms with Gasteiger partial charge in [0.05, 0.1) is 6.10 Å². The minimum atomic E-state index is -4.68. The first kappa shape index (κ1) is 12.2. The topological polar surface area (TPSA) is 46.5 Å². The molecule has 0 aromatic heterocycles. The van der Waals surface area contributed by atoms with E-state index < -0.39 is 18.4 Å². The number of hydrogen-bond donors (Lipinski definition) is 1. The van der Waals surface area contributed by atoms with Gasteiger partial charge in [0.25, 0.3) is 0 Å². The number of halogens is 3. The Morgan fingerprint density at radius 1 is 1.54 bits per heavy atom. The third kappa shape index (κ3) is 7.58. The molecule has 0 aromatic carbocycles. The lowest BCUT2D eigenvalue weighted by Gasteiger charge is -2.16. The summed E-state index contributed by atoms with van der Waals surface area (Å²) in [5.41, 5.74) is 0. The minimum absolute atomic E-state index is 0.120. The third-order valence-electron chi connectivity index (χ3n) is 1.44. The largest absolute Gasteiger partial charge is 0.522 e. The first-order valence-electron chi connectivity index (χ1n) is 3.81. The van der Waals surface area contributed by atoms with Gasteiger partial charge in [-0.15, -0.1) is 13.2 Å². The van der Waals surface area contributed by atoms with E-state index in [-0.39, 0.29) is 19.3 Å². The van der Waals surface area contributed by atoms with Crippen LogP contribution in [0.5, 0.6) is 0 Å². The fraction of sp³-hybridized carbons (Fsp3) is 0.857. The number of carboxylic acid groups (broad SMARTS) is 1. The van der Waals surface area contributed by atoms with Crippen molar-refractivity contribution in [1.29, 1.82) is 0 Å². The van der Waals surface area contributed by atoms with Crippen molar-refractivity contribution in [2.45, 2.75) is 38.7 Å². The number of ether oxygens (including phenoxy) is 1. The van der Waals surface area contributed by atoms with Crippen molar-refractivity contribution >= 4 is 5.97 Å². The summed E-state index contributed by atoms with van der Waals surface area (Å²) >= 11 is 0. The van der Waals surface area contributed by atoms with Crippen molar-refractivity contribution in [3.63, 3.8) is 0 Å². The van der Waals surface area contributed by atoms with E-state index in [2.05, 4.69) is 4.74 Å². The van der Waals surface area contributed by atoms with Crippen LogP contribution in [-0.4, -0.2) is 23.5 Å². The van der Waals surface area contributed by atoms with Gasteiger partial charge >= 0.3 is 12.3 Å². The van der Waals surface area contributed by atoms with E-state index >= 15 is 0 Å². The number of rotatable bonds is 5. The Kier molecular flexibility index (Phi) is 4.76. The molecule has 0 rings (SSSR count). The normalized spacial score (nSPS) is 14.2. The Morgan fingerprint density at radius 2 is 2.08 bits per heavy atom. The predicted octanol–water partition coefficient (Wildman–Crippen LogP) is 2.17. The van der Waals surface area contributed by atoms with Crippen molar-refractivity contribution in [1.82, 2.24) is 0 Å². The van der Waals surface area contributed by atoms with Crippen LogP contribution in [0.2, 0.25) is 0 Å². The molecule has 0 heterocycles. The Labute approximate surface area is 73.5 Å². The van der Waals surface area contributed by atoms with Gasteiger partial charge in [-0.1, -0.05) is 6.92 Å². The van der Waals surface area contributed by atoms with Crippen LogP contribution < -0.4 is 0 Å². The lowest BCUT2D eigenvalue weighted by Crippen LogP contribution is -2.23. The van der Waals surface area contributed by atoms with E-state index in [0.717, 1.165) is 0 Å². The van der Waals surface area contributed by atoms with E-state index in [1.807, 2.05) is 0 Å². The van der Waals surface area contributed by atoms with Gasteiger partial charge in [0.15, 0.2) is 0 Å². The Morgan fingerprint density at radius 3 is 2.38 bits per heavy atom. The van der Waals surface area contributed by atoms with Crippen LogP contribution in [0.1, 0.15) is 26.2 Å². The minimum Gasteiger partial charge on any atom is -0.481 e. The first-order chi connectivity index (χ1) is 5.85. The number of aliphatic carboxylic acids is 1. The summed E-state index contributed by atoms with van der Waals surface area (Å²) in [7, 11) is 0. The highest BCUT2D eigenvalue weighted by molar-refractivity contribution is 5.66. The molecule has 0 saturated carbocycles. The van der Waals surface area contributed by atoms with Gasteiger partial charge in [-0.25, -0.2) is 0 Å². The molecule has 1 atom stereocenters. The van der Waals surface area contributed by atoms with Crippen LogP contribution in [0.15, 0.2) is 0 Å². The summed E-state index contributed by atoms with van der Waals surface area (Å²) in [6.07, 6.45) is -6.03. The van der Waals surface area contributed by atoms with E-state index in [1.54, 1.807) is 0 Å². The molecule has 0 aliphatic rings. The van der Waals surface area contributed by atoms with Crippen LogP contribution in [0.25, 0.3) is 0 Å². The summed E-state index contributed by atoms with van der Waals surface area (Å²) in [6, 6.07) is 0. The van der Waals surface area contributed by atoms with Crippen LogP contribution in [-0.2, 0) is 9.53 Å². The molecule has 0 spiro atoms. The Balaban J connectivity index is 3.83. The van der Waals surface area contributed by atoms with Crippen LogP contribution in [0, 0.1) is 0 Å². The zero-order valence-electron chi connectivity index (χ0n) is 7.10. The maximum Gasteiger partial charge on any atom is 0.522 e. The van der Waals surface area contributed by atoms with Gasteiger partial charge in [-0.2, -0.15) is 0 Å². The monoisotopic (exact) mass is 200 g/mol. The summed E-state index contributed by atoms with van der Waals surface area (Å²) in [6.45, 7) is 1.51. The van der Waals surface area contributed by atoms with Crippen molar-refractivity contribution < 1.29 is 27.8 Å². The summed E-state index contributed by atoms with van der Waals surface area (Å²) in [5.74, 6) is -1.12. The fourth-order valence-electron chi connectivity index (χ4n) is 0.820. The first-order valence-corrected chi connectivity index (χ1v) is 3.81. The lowest BCUT2D eigenvalue weighted by molar-refractivity contribution is -0.343. The zero-order valence-corrected chi connectivity index (χ0v) is 7.10. The molecule has 6 heteroatoms. The highest BCUT2D eigenvalue weighted by atomic mass is 19.4. The number of carboxylic acids is 1. The van der Waals surface area contributed by atoms with Gasteiger partial charge in [0.2, 0.25) is 0 Å². The van der Waals surface area contributed by atoms with E-state index in [1.165, 1.54) is 6.92 Å². The fourth-order valence-corrected chi connectivity index (χ4v) is 0.820. The second-order valence-electron chi connectivity index (χ2n) is 2.53. The predicted molar refractivity (Wildman–Crippen MR) is 38.1 cm³/mol. The molecule has 0 amide bonds. The van der Waals surface area contributed by atoms with E-state index in [9.17, 15) is 18.0 Å². The second-order valence-corrected chi connectivity index (χ2v) is 2.53. The molecule has 0 aromatic rings. The molecule has 1 N–H and O–H groups in total. The second kappa shape index (κ2) is 5.06. The molecule has 0 aliphatic carbocycles. The molecule has 0 bridgehead atoms. The van der Waals surface area contributed by atoms with Gasteiger partial charge in [-0.3, -0.25) is 9.53 Å². The van der Waals surface area contributed by atoms with E-state index in [0.29, 0.717) is 0 Å². The van der Waals surface area contributed by atoms with Crippen molar-refractivity contribution in [3.05, 3.63) is 0 Å². The molecule has 0 fully saturated rings. The van der Waals surface area contributed by atoms with Gasteiger partial charge in [0, 0.05) is 6.42 Å². The quantitative estimate of drug-likeness (QED) is 0.739. The molecular formula is C7H11F3O3. The number of carbonyl (C=O) groups is 1. The molecule has 13 heavy (non-hydrogen) atoms. The molecule has 0 radical (unpaired) electrons. The molecular weight excluding hydrogens is 189 g/mol. The van der Waals surface area contributed by atoms with Gasteiger partial charge in [0.1, 0.15) is 0 Å². The number of hydrogen-bond acceptors (Lipinski definition) is 2. The zero-order chi connectivity index (χ0) is 10.5. The highest BCUT2D eigenvalue weighted by Gasteiger charge is 2.32. The lowest BCUT2D eigenvalue weighted by atomic mass is 10.1. The summed E-state index contributed by atoms with van der Waals surface area (Å²) in [5, 5.41) is 8.22. The van der Waals surface area contributed by atoms with E-state index in [4.69, 9.17) is 5.11 Å². The smallest absolute Gasteiger partial charge is 0.481 e. The van der Waals surface area contributed by atoms with Crippen LogP contribution in [0.3, 0.4) is 0 Å². The highest BCUT2D eigenvalue weighted by Crippen LogP contribution is 2.22. The summed E-state index contributed by atoms with van der Waals surface area (Å²) in [4.78, 5) is 10.0. The Bertz CT molecular complexity index is 167.